The van der Waals surface area contributed by atoms with Crippen LogP contribution in [0.1, 0.15) is 26.5 Å². The number of ether oxygens (including phenoxy) is 2. The summed E-state index contributed by atoms with van der Waals surface area (Å²) in [4.78, 5) is 43.0. The van der Waals surface area contributed by atoms with Crippen molar-refractivity contribution in [1.82, 2.24) is 15.2 Å². The van der Waals surface area contributed by atoms with E-state index < -0.39 is 47.5 Å². The van der Waals surface area contributed by atoms with Gasteiger partial charge in [0.25, 0.3) is 5.91 Å². The predicted octanol–water partition coefficient (Wildman–Crippen LogP) is 3.85. The first-order chi connectivity index (χ1) is 19.3. The fourth-order valence-corrected chi connectivity index (χ4v) is 5.54. The van der Waals surface area contributed by atoms with E-state index in [0.717, 1.165) is 11.0 Å². The third-order valence-corrected chi connectivity index (χ3v) is 7.56. The molecule has 1 aliphatic carbocycles. The maximum atomic E-state index is 15.1. The normalized spacial score (nSPS) is 25.0. The lowest BCUT2D eigenvalue weighted by molar-refractivity contribution is -0.132. The fraction of sp³-hybridized carbons (Fsp3) is 0.464. The summed E-state index contributed by atoms with van der Waals surface area (Å²) in [5, 5.41) is 12.0. The minimum absolute atomic E-state index is 0.0542. The van der Waals surface area contributed by atoms with Gasteiger partial charge in [-0.25, -0.2) is 14.0 Å². The van der Waals surface area contributed by atoms with E-state index in [9.17, 15) is 28.4 Å². The van der Waals surface area contributed by atoms with Crippen LogP contribution in [0.5, 0.6) is 0 Å². The lowest BCUT2D eigenvalue weighted by Crippen LogP contribution is -2.39. The molecule has 0 bridgehead atoms. The number of amides is 3. The molecule has 0 radical (unpaired) electrons. The van der Waals surface area contributed by atoms with Crippen LogP contribution in [0.3, 0.4) is 0 Å². The smallest absolute Gasteiger partial charge is 0.414 e. The van der Waals surface area contributed by atoms with Gasteiger partial charge in [-0.05, 0) is 45.0 Å². The van der Waals surface area contributed by atoms with E-state index in [2.05, 4.69) is 11.1 Å². The maximum Gasteiger partial charge on any atom is 0.414 e. The SMILES string of the molecule is CC(C)(C)OC(=O)N1C[C@@H]2[C@H](C1)C2(C#N)c1ccc(-c2ccc(N3C[C@H](CNC(=O)C(F)F)OC3=O)cc2F)cn1. The molecule has 3 fully saturated rings. The molecule has 1 aromatic heterocycles. The summed E-state index contributed by atoms with van der Waals surface area (Å²) in [5.74, 6) is -2.24. The molecular formula is C28H28F3N5O5. The van der Waals surface area contributed by atoms with Gasteiger partial charge in [0, 0.05) is 42.2 Å². The molecule has 216 valence electrons. The van der Waals surface area contributed by atoms with Crippen LogP contribution in [-0.4, -0.2) is 72.3 Å². The molecule has 2 aromatic rings. The van der Waals surface area contributed by atoms with E-state index in [-0.39, 0.29) is 36.2 Å². The van der Waals surface area contributed by atoms with Gasteiger partial charge in [0.05, 0.1) is 30.5 Å². The summed E-state index contributed by atoms with van der Waals surface area (Å²) in [7, 11) is 0. The topological polar surface area (TPSA) is 125 Å². The molecule has 1 saturated carbocycles. The van der Waals surface area contributed by atoms with Gasteiger partial charge in [0.2, 0.25) is 0 Å². The van der Waals surface area contributed by atoms with Crippen molar-refractivity contribution in [3.8, 4) is 17.2 Å². The van der Waals surface area contributed by atoms with Gasteiger partial charge in [-0.3, -0.25) is 14.7 Å². The van der Waals surface area contributed by atoms with Crippen LogP contribution in [0.15, 0.2) is 36.5 Å². The predicted molar refractivity (Wildman–Crippen MR) is 138 cm³/mol. The minimum Gasteiger partial charge on any atom is -0.444 e. The van der Waals surface area contributed by atoms with Crippen molar-refractivity contribution in [3.05, 3.63) is 48.0 Å². The van der Waals surface area contributed by atoms with Crippen molar-refractivity contribution in [2.75, 3.05) is 31.1 Å². The largest absolute Gasteiger partial charge is 0.444 e. The molecule has 1 unspecified atom stereocenters. The van der Waals surface area contributed by atoms with Crippen LogP contribution in [0.25, 0.3) is 11.1 Å². The number of hydrogen-bond acceptors (Lipinski definition) is 7. The number of nitriles is 1. The number of piperidine rings is 1. The Hall–Kier alpha value is -4.34. The number of alkyl halides is 2. The van der Waals surface area contributed by atoms with Crippen molar-refractivity contribution in [1.29, 1.82) is 5.26 Å². The second kappa shape index (κ2) is 10.2. The second-order valence-corrected chi connectivity index (χ2v) is 11.3. The molecule has 3 heterocycles. The van der Waals surface area contributed by atoms with Gasteiger partial charge in [-0.1, -0.05) is 6.07 Å². The van der Waals surface area contributed by atoms with Gasteiger partial charge in [-0.15, -0.1) is 0 Å². The van der Waals surface area contributed by atoms with Gasteiger partial charge in [0.15, 0.2) is 0 Å². The number of likely N-dealkylation sites (tertiary alicyclic amines) is 1. The molecule has 1 N–H and O–H groups in total. The molecule has 4 atom stereocenters. The summed E-state index contributed by atoms with van der Waals surface area (Å²) in [6.07, 6.45) is -3.76. The Bertz CT molecular complexity index is 1410. The van der Waals surface area contributed by atoms with Crippen molar-refractivity contribution >= 4 is 23.8 Å². The molecule has 3 amide bonds. The number of carbonyl (C=O) groups excluding carboxylic acids is 3. The third kappa shape index (κ3) is 5.26. The van der Waals surface area contributed by atoms with Crippen LogP contribution in [0.2, 0.25) is 0 Å². The van der Waals surface area contributed by atoms with Crippen molar-refractivity contribution in [2.24, 2.45) is 11.8 Å². The number of halogens is 3. The lowest BCUT2D eigenvalue weighted by Gasteiger charge is -2.27. The summed E-state index contributed by atoms with van der Waals surface area (Å²) >= 11 is 0. The van der Waals surface area contributed by atoms with Gasteiger partial charge in [-0.2, -0.15) is 14.0 Å². The zero-order valence-electron chi connectivity index (χ0n) is 22.6. The Balaban J connectivity index is 1.24. The molecule has 10 nitrogen and oxygen atoms in total. The lowest BCUT2D eigenvalue weighted by atomic mass is 9.95. The number of anilines is 1. The molecule has 2 saturated heterocycles. The molecule has 2 aliphatic heterocycles. The summed E-state index contributed by atoms with van der Waals surface area (Å²) < 4.78 is 50.4. The number of fused-ring (bicyclic) bond motifs is 1. The summed E-state index contributed by atoms with van der Waals surface area (Å²) in [6, 6.07) is 9.90. The Morgan fingerprint density at radius 1 is 1.22 bits per heavy atom. The highest BCUT2D eigenvalue weighted by atomic mass is 19.3. The van der Waals surface area contributed by atoms with Crippen LogP contribution in [-0.2, 0) is 19.7 Å². The highest BCUT2D eigenvalue weighted by Crippen LogP contribution is 2.62. The van der Waals surface area contributed by atoms with Crippen molar-refractivity contribution < 1.29 is 37.0 Å². The standard InChI is InChI=1S/C28H28F3N5O5/c1-27(2,3)41-25(38)35-12-19-20(13-35)28(19,14-32)22-7-4-15(9-33-22)18-6-5-16(8-21(18)29)36-11-17(40-26(36)39)10-34-24(37)23(30)31/h4-9,17,19-20,23H,10-13H2,1-3H3,(H,34,37)/t17-,19-,20+,28?/m0/s1. The highest BCUT2D eigenvalue weighted by Gasteiger charge is 2.71. The van der Waals surface area contributed by atoms with Crippen LogP contribution in [0, 0.1) is 29.0 Å². The average molecular weight is 572 g/mol. The van der Waals surface area contributed by atoms with E-state index in [1.807, 2.05) is 5.32 Å². The number of carbonyl (C=O) groups is 3. The van der Waals surface area contributed by atoms with Gasteiger partial charge < -0.3 is 19.7 Å². The Morgan fingerprint density at radius 3 is 2.49 bits per heavy atom. The van der Waals surface area contributed by atoms with E-state index in [0.29, 0.717) is 24.3 Å². The van der Waals surface area contributed by atoms with Crippen LogP contribution in [0.4, 0.5) is 28.4 Å². The number of benzene rings is 1. The number of rotatable bonds is 6. The van der Waals surface area contributed by atoms with E-state index >= 15 is 4.39 Å². The zero-order chi connectivity index (χ0) is 29.7. The number of cyclic esters (lactones) is 1. The summed E-state index contributed by atoms with van der Waals surface area (Å²) in [6.45, 7) is 5.82. The van der Waals surface area contributed by atoms with Gasteiger partial charge in [0.1, 0.15) is 22.9 Å². The van der Waals surface area contributed by atoms with E-state index in [1.54, 1.807) is 37.8 Å². The van der Waals surface area contributed by atoms with Crippen molar-refractivity contribution in [2.45, 2.75) is 44.3 Å². The first-order valence-corrected chi connectivity index (χ1v) is 13.0. The quantitative estimate of drug-likeness (QED) is 0.559. The highest BCUT2D eigenvalue weighted by molar-refractivity contribution is 5.90. The molecule has 41 heavy (non-hydrogen) atoms. The maximum absolute atomic E-state index is 15.1. The Kier molecular flexibility index (Phi) is 7.05. The number of hydrogen-bond donors (Lipinski definition) is 1. The summed E-state index contributed by atoms with van der Waals surface area (Å²) in [5.41, 5.74) is 0.0131. The number of nitrogens with one attached hydrogen (secondary N) is 1. The van der Waals surface area contributed by atoms with E-state index in [1.165, 1.54) is 18.3 Å². The molecular weight excluding hydrogens is 543 g/mol. The molecule has 3 aliphatic rings. The molecule has 1 aromatic carbocycles. The molecule has 0 spiro atoms. The molecule has 13 heteroatoms. The van der Waals surface area contributed by atoms with E-state index in [4.69, 9.17) is 9.47 Å². The Morgan fingerprint density at radius 2 is 1.93 bits per heavy atom. The van der Waals surface area contributed by atoms with Crippen LogP contribution >= 0.6 is 0 Å². The number of pyridine rings is 1. The van der Waals surface area contributed by atoms with Crippen LogP contribution < -0.4 is 10.2 Å². The van der Waals surface area contributed by atoms with Gasteiger partial charge >= 0.3 is 18.6 Å². The number of aromatic nitrogens is 1. The average Bonchev–Trinajstić information content (AvgIpc) is 3.19. The van der Waals surface area contributed by atoms with Crippen molar-refractivity contribution in [3.63, 3.8) is 0 Å². The monoisotopic (exact) mass is 571 g/mol. The fourth-order valence-electron chi connectivity index (χ4n) is 5.54. The zero-order valence-corrected chi connectivity index (χ0v) is 22.6. The first kappa shape index (κ1) is 28.2. The second-order valence-electron chi connectivity index (χ2n) is 11.3. The Labute approximate surface area is 234 Å². The minimum atomic E-state index is -3.18. The number of nitrogens with zero attached hydrogens (tertiary/aromatic N) is 4. The first-order valence-electron chi connectivity index (χ1n) is 13.0. The molecule has 5 rings (SSSR count). The third-order valence-electron chi connectivity index (χ3n) is 7.56.